The Balaban J connectivity index is 1.50. The summed E-state index contributed by atoms with van der Waals surface area (Å²) in [5.41, 5.74) is 6.74. The number of aliphatic hydroxyl groups is 1. The van der Waals surface area contributed by atoms with Crippen LogP contribution in [0.25, 0.3) is 11.2 Å². The van der Waals surface area contributed by atoms with Crippen LogP contribution in [0.1, 0.15) is 26.1 Å². The fourth-order valence-electron chi connectivity index (χ4n) is 3.32. The van der Waals surface area contributed by atoms with E-state index in [0.29, 0.717) is 11.2 Å². The fourth-order valence-corrected chi connectivity index (χ4v) is 6.71. The zero-order chi connectivity index (χ0) is 21.6. The Morgan fingerprint density at radius 3 is 2.93 bits per heavy atom. The van der Waals surface area contributed by atoms with Crippen molar-refractivity contribution < 1.29 is 28.3 Å². The van der Waals surface area contributed by atoms with Crippen molar-refractivity contribution in [2.24, 2.45) is 0 Å². The van der Waals surface area contributed by atoms with E-state index in [1.165, 1.54) is 31.3 Å². The molecule has 0 aromatic carbocycles. The highest BCUT2D eigenvalue weighted by Crippen LogP contribution is 2.57. The molecule has 164 valence electrons. The number of nitrogens with zero attached hydrogens (tertiary/aromatic N) is 4. The van der Waals surface area contributed by atoms with E-state index in [9.17, 15) is 14.5 Å². The van der Waals surface area contributed by atoms with Gasteiger partial charge in [0.25, 0.3) is 0 Å². The number of rotatable bonds is 5. The Kier molecular flexibility index (Phi) is 5.77. The molecule has 0 radical (unpaired) electrons. The number of nitrogens with one attached hydrogen (secondary N) is 1. The molecule has 14 heteroatoms. The zero-order valence-electron chi connectivity index (χ0n) is 16.5. The molecule has 0 aliphatic carbocycles. The Morgan fingerprint density at radius 1 is 1.43 bits per heavy atom. The van der Waals surface area contributed by atoms with Gasteiger partial charge in [-0.1, -0.05) is 0 Å². The van der Waals surface area contributed by atoms with Gasteiger partial charge < -0.3 is 15.6 Å². The summed E-state index contributed by atoms with van der Waals surface area (Å²) >= 11 is 1.40. The van der Waals surface area contributed by atoms with Crippen LogP contribution >= 0.6 is 19.5 Å². The number of carbonyl (C=O) groups is 1. The largest absolute Gasteiger partial charge is 0.462 e. The van der Waals surface area contributed by atoms with Gasteiger partial charge in [-0.05, 0) is 20.8 Å². The lowest BCUT2D eigenvalue weighted by Crippen LogP contribution is -2.43. The molecule has 30 heavy (non-hydrogen) atoms. The van der Waals surface area contributed by atoms with Crippen LogP contribution in [0.3, 0.4) is 0 Å². The number of anilines is 1. The molecule has 2 aromatic heterocycles. The summed E-state index contributed by atoms with van der Waals surface area (Å²) in [6.07, 6.45) is 0.737. The van der Waals surface area contributed by atoms with E-state index in [4.69, 9.17) is 19.5 Å². The van der Waals surface area contributed by atoms with Crippen LogP contribution in [-0.4, -0.2) is 66.8 Å². The number of nitrogens with two attached hydrogens (primary N) is 1. The summed E-state index contributed by atoms with van der Waals surface area (Å²) in [7, 11) is -3.83. The van der Waals surface area contributed by atoms with Crippen LogP contribution in [0.4, 0.5) is 5.82 Å². The molecule has 12 nitrogen and oxygen atoms in total. The van der Waals surface area contributed by atoms with E-state index in [2.05, 4.69) is 20.0 Å². The minimum Gasteiger partial charge on any atom is -0.462 e. The molecular weight excluding hydrogens is 435 g/mol. The third-order valence-corrected chi connectivity index (χ3v) is 7.95. The smallest absolute Gasteiger partial charge is 0.406 e. The number of fused-ring (bicyclic) bond motifs is 2. The Hall–Kier alpha value is -1.76. The topological polar surface area (TPSA) is 164 Å². The second-order valence-corrected chi connectivity index (χ2v) is 10.4. The van der Waals surface area contributed by atoms with Gasteiger partial charge in [-0.3, -0.25) is 18.4 Å². The van der Waals surface area contributed by atoms with Gasteiger partial charge in [0, 0.05) is 0 Å². The number of hydrogen-bond acceptors (Lipinski definition) is 11. The normalized spacial score (nSPS) is 32.3. The predicted octanol–water partition coefficient (Wildman–Crippen LogP) is 0.837. The minimum absolute atomic E-state index is 0.0723. The molecule has 0 amide bonds. The van der Waals surface area contributed by atoms with E-state index in [1.54, 1.807) is 18.4 Å². The van der Waals surface area contributed by atoms with Gasteiger partial charge in [0.05, 0.1) is 24.3 Å². The molecule has 1 unspecified atom stereocenters. The summed E-state index contributed by atoms with van der Waals surface area (Å²) in [5, 5.41) is 12.7. The number of esters is 1. The standard InChI is InChI=1S/C16H23N6O6PS/c1-7(2)27-16(24)8(3)21-29(25)26-4-9-12(28-29)11(23)15(30-9)22-6-20-10-13(17)18-5-19-14(10)22/h5-9,11-12,15,23H,4H2,1-3H3,(H,21,25)(H2,17,18,19)/t8-,9+,11+,12+,15+,29?/m0/s1. The van der Waals surface area contributed by atoms with Crippen LogP contribution in [0, 0.1) is 0 Å². The zero-order valence-corrected chi connectivity index (χ0v) is 18.2. The van der Waals surface area contributed by atoms with Gasteiger partial charge in [0.1, 0.15) is 35.5 Å². The molecule has 4 rings (SSSR count). The van der Waals surface area contributed by atoms with Crippen LogP contribution in [0.15, 0.2) is 12.7 Å². The number of imidazole rings is 1. The van der Waals surface area contributed by atoms with E-state index in [1.807, 2.05) is 0 Å². The minimum atomic E-state index is -3.83. The molecule has 4 N–H and O–H groups in total. The van der Waals surface area contributed by atoms with Gasteiger partial charge in [-0.2, -0.15) is 0 Å². The van der Waals surface area contributed by atoms with Crippen molar-refractivity contribution in [1.29, 1.82) is 0 Å². The lowest BCUT2D eigenvalue weighted by Gasteiger charge is -2.33. The van der Waals surface area contributed by atoms with Crippen LogP contribution in [0.2, 0.25) is 0 Å². The first kappa shape index (κ1) is 21.5. The van der Waals surface area contributed by atoms with Crippen molar-refractivity contribution >= 4 is 42.5 Å². The maximum Gasteiger partial charge on any atom is 0.406 e. The number of carbonyl (C=O) groups excluding carboxylic acids is 1. The number of aromatic nitrogens is 4. The number of nitrogen functional groups attached to an aromatic ring is 1. The second-order valence-electron chi connectivity index (χ2n) is 7.34. The van der Waals surface area contributed by atoms with Gasteiger partial charge in [-0.15, -0.1) is 11.8 Å². The summed E-state index contributed by atoms with van der Waals surface area (Å²) in [4.78, 5) is 24.4. The van der Waals surface area contributed by atoms with E-state index >= 15 is 0 Å². The van der Waals surface area contributed by atoms with Crippen molar-refractivity contribution in [2.75, 3.05) is 12.3 Å². The number of ether oxygens (including phenoxy) is 1. The molecule has 6 atom stereocenters. The number of hydrogen-bond donors (Lipinski definition) is 3. The third-order valence-electron chi connectivity index (χ3n) is 4.70. The maximum atomic E-state index is 13.0. The highest BCUT2D eigenvalue weighted by atomic mass is 32.2. The molecule has 2 aliphatic heterocycles. The van der Waals surface area contributed by atoms with Gasteiger partial charge in [0.15, 0.2) is 11.5 Å². The lowest BCUT2D eigenvalue weighted by molar-refractivity contribution is -0.149. The van der Waals surface area contributed by atoms with Crippen molar-refractivity contribution in [3.63, 3.8) is 0 Å². The SMILES string of the molecule is CC(C)OC(=O)[C@H](C)NP1(=O)OC[C@H]2S[C@@H](n3cnc4c(N)ncnc43)[C@H](O)[C@@H]2O1. The number of aliphatic hydroxyl groups excluding tert-OH is 1. The summed E-state index contributed by atoms with van der Waals surface area (Å²) in [5.74, 6) is -0.333. The second kappa shape index (κ2) is 8.06. The fraction of sp³-hybridized carbons (Fsp3) is 0.625. The first-order valence-corrected chi connectivity index (χ1v) is 11.8. The molecular formula is C16H23N6O6PS. The van der Waals surface area contributed by atoms with Crippen LogP contribution in [0.5, 0.6) is 0 Å². The average molecular weight is 458 g/mol. The third kappa shape index (κ3) is 3.93. The summed E-state index contributed by atoms with van der Waals surface area (Å²) < 4.78 is 30.9. The molecule has 0 bridgehead atoms. The van der Waals surface area contributed by atoms with Crippen LogP contribution in [-0.2, 0) is 23.1 Å². The van der Waals surface area contributed by atoms with Crippen molar-refractivity contribution in [1.82, 2.24) is 24.6 Å². The highest BCUT2D eigenvalue weighted by Gasteiger charge is 2.53. The van der Waals surface area contributed by atoms with Crippen molar-refractivity contribution in [2.45, 2.75) is 55.7 Å². The van der Waals surface area contributed by atoms with Crippen molar-refractivity contribution in [3.8, 4) is 0 Å². The number of thioether (sulfide) groups is 1. The van der Waals surface area contributed by atoms with Gasteiger partial charge in [0.2, 0.25) is 0 Å². The Bertz CT molecular complexity index is 1000. The molecule has 2 aliphatic rings. The summed E-state index contributed by atoms with van der Waals surface area (Å²) in [6, 6.07) is -0.908. The molecule has 4 heterocycles. The molecule has 2 fully saturated rings. The molecule has 0 saturated carbocycles. The first-order chi connectivity index (χ1) is 14.2. The Morgan fingerprint density at radius 2 is 2.20 bits per heavy atom. The highest BCUT2D eigenvalue weighted by molar-refractivity contribution is 8.00. The molecule has 0 spiro atoms. The van der Waals surface area contributed by atoms with E-state index in [0.717, 1.165) is 0 Å². The Labute approximate surface area is 176 Å². The van der Waals surface area contributed by atoms with E-state index < -0.39 is 37.3 Å². The monoisotopic (exact) mass is 458 g/mol. The van der Waals surface area contributed by atoms with Gasteiger partial charge >= 0.3 is 13.7 Å². The quantitative estimate of drug-likeness (QED) is 0.428. The molecule has 2 aromatic rings. The maximum absolute atomic E-state index is 13.0. The average Bonchev–Trinajstić information content (AvgIpc) is 3.23. The summed E-state index contributed by atoms with van der Waals surface area (Å²) in [6.45, 7) is 5.02. The van der Waals surface area contributed by atoms with Crippen LogP contribution < -0.4 is 10.8 Å². The van der Waals surface area contributed by atoms with E-state index in [-0.39, 0.29) is 23.8 Å². The lowest BCUT2D eigenvalue weighted by atomic mass is 10.1. The molecule has 2 saturated heterocycles. The van der Waals surface area contributed by atoms with Crippen molar-refractivity contribution in [3.05, 3.63) is 12.7 Å². The predicted molar refractivity (Wildman–Crippen MR) is 108 cm³/mol. The first-order valence-electron chi connectivity index (χ1n) is 9.36. The van der Waals surface area contributed by atoms with Gasteiger partial charge in [-0.25, -0.2) is 24.6 Å².